The van der Waals surface area contributed by atoms with E-state index in [0.29, 0.717) is 6.54 Å². The standard InChI is InChI=1S/C12H20N2O/c1-12(7-13,8-15)11-6-9-4-2-3-5-10(9)14-11/h6,14-15H,2-5,7-8,13H2,1H3. The number of fused-ring (bicyclic) bond motifs is 1. The summed E-state index contributed by atoms with van der Waals surface area (Å²) in [5.41, 5.74) is 9.29. The van der Waals surface area contributed by atoms with Crippen LogP contribution in [-0.4, -0.2) is 23.2 Å². The Morgan fingerprint density at radius 1 is 1.47 bits per heavy atom. The van der Waals surface area contributed by atoms with Crippen LogP contribution in [-0.2, 0) is 18.3 Å². The summed E-state index contributed by atoms with van der Waals surface area (Å²) in [6.45, 7) is 2.58. The Morgan fingerprint density at radius 2 is 2.20 bits per heavy atom. The highest BCUT2D eigenvalue weighted by Crippen LogP contribution is 2.28. The van der Waals surface area contributed by atoms with E-state index in [9.17, 15) is 5.11 Å². The van der Waals surface area contributed by atoms with Crippen LogP contribution in [0.1, 0.15) is 36.7 Å². The molecule has 0 aliphatic heterocycles. The fourth-order valence-corrected chi connectivity index (χ4v) is 2.19. The topological polar surface area (TPSA) is 62.0 Å². The number of hydrogen-bond acceptors (Lipinski definition) is 2. The lowest BCUT2D eigenvalue weighted by molar-refractivity contribution is 0.207. The molecular weight excluding hydrogens is 188 g/mol. The molecular formula is C12H20N2O. The number of rotatable bonds is 3. The smallest absolute Gasteiger partial charge is 0.0551 e. The highest BCUT2D eigenvalue weighted by Gasteiger charge is 2.27. The molecule has 2 rings (SSSR count). The van der Waals surface area contributed by atoms with Crippen LogP contribution in [0.3, 0.4) is 0 Å². The molecule has 1 aliphatic rings. The van der Waals surface area contributed by atoms with Crippen molar-refractivity contribution in [1.29, 1.82) is 0 Å². The van der Waals surface area contributed by atoms with E-state index in [4.69, 9.17) is 5.73 Å². The van der Waals surface area contributed by atoms with Crippen LogP contribution in [0.25, 0.3) is 0 Å². The highest BCUT2D eigenvalue weighted by atomic mass is 16.3. The van der Waals surface area contributed by atoms with Gasteiger partial charge in [-0.3, -0.25) is 0 Å². The summed E-state index contributed by atoms with van der Waals surface area (Å²) in [4.78, 5) is 3.44. The van der Waals surface area contributed by atoms with Gasteiger partial charge in [-0.25, -0.2) is 0 Å². The molecule has 15 heavy (non-hydrogen) atoms. The number of aromatic amines is 1. The van der Waals surface area contributed by atoms with Crippen LogP contribution in [0.4, 0.5) is 0 Å². The van der Waals surface area contributed by atoms with E-state index in [0.717, 1.165) is 18.5 Å². The van der Waals surface area contributed by atoms with Crippen LogP contribution < -0.4 is 5.73 Å². The average Bonchev–Trinajstić information content (AvgIpc) is 2.72. The van der Waals surface area contributed by atoms with Crippen molar-refractivity contribution in [2.24, 2.45) is 5.73 Å². The monoisotopic (exact) mass is 208 g/mol. The van der Waals surface area contributed by atoms with Crippen LogP contribution in [0.5, 0.6) is 0 Å². The molecule has 0 aromatic carbocycles. The maximum Gasteiger partial charge on any atom is 0.0551 e. The second kappa shape index (κ2) is 3.99. The second-order valence-corrected chi connectivity index (χ2v) is 4.82. The molecule has 1 aromatic heterocycles. The van der Waals surface area contributed by atoms with E-state index in [2.05, 4.69) is 11.1 Å². The summed E-state index contributed by atoms with van der Waals surface area (Å²) >= 11 is 0. The Balaban J connectivity index is 2.32. The second-order valence-electron chi connectivity index (χ2n) is 4.82. The fraction of sp³-hybridized carbons (Fsp3) is 0.667. The van der Waals surface area contributed by atoms with E-state index in [1.54, 1.807) is 0 Å². The predicted octanol–water partition coefficient (Wildman–Crippen LogP) is 1.10. The van der Waals surface area contributed by atoms with E-state index in [1.807, 2.05) is 6.92 Å². The Hall–Kier alpha value is -0.800. The molecule has 1 aliphatic carbocycles. The zero-order valence-corrected chi connectivity index (χ0v) is 9.34. The molecule has 1 heterocycles. The summed E-state index contributed by atoms with van der Waals surface area (Å²) in [5.74, 6) is 0. The van der Waals surface area contributed by atoms with Crippen molar-refractivity contribution in [1.82, 2.24) is 4.98 Å². The predicted molar refractivity (Wildman–Crippen MR) is 60.9 cm³/mol. The molecule has 0 saturated heterocycles. The van der Waals surface area contributed by atoms with Gasteiger partial charge in [-0.2, -0.15) is 0 Å². The first-order valence-electron chi connectivity index (χ1n) is 5.72. The minimum atomic E-state index is -0.308. The Bertz CT molecular complexity index is 316. The molecule has 0 bridgehead atoms. The first-order valence-corrected chi connectivity index (χ1v) is 5.72. The summed E-state index contributed by atoms with van der Waals surface area (Å²) in [6, 6.07) is 2.19. The van der Waals surface area contributed by atoms with Crippen LogP contribution in [0.2, 0.25) is 0 Å². The quantitative estimate of drug-likeness (QED) is 0.696. The lowest BCUT2D eigenvalue weighted by atomic mass is 9.87. The van der Waals surface area contributed by atoms with Gasteiger partial charge in [0.05, 0.1) is 6.61 Å². The van der Waals surface area contributed by atoms with Gasteiger partial charge in [-0.15, -0.1) is 0 Å². The Morgan fingerprint density at radius 3 is 2.80 bits per heavy atom. The highest BCUT2D eigenvalue weighted by molar-refractivity contribution is 5.32. The van der Waals surface area contributed by atoms with Gasteiger partial charge in [-0.05, 0) is 37.3 Å². The Kier molecular flexibility index (Phi) is 2.85. The van der Waals surface area contributed by atoms with E-state index < -0.39 is 0 Å². The van der Waals surface area contributed by atoms with Crippen molar-refractivity contribution in [3.8, 4) is 0 Å². The number of aliphatic hydroxyl groups is 1. The van der Waals surface area contributed by atoms with E-state index >= 15 is 0 Å². The van der Waals surface area contributed by atoms with Gasteiger partial charge in [0.1, 0.15) is 0 Å². The maximum absolute atomic E-state index is 9.40. The number of nitrogens with one attached hydrogen (secondary N) is 1. The van der Waals surface area contributed by atoms with Gasteiger partial charge in [0, 0.05) is 23.3 Å². The molecule has 0 amide bonds. The fourth-order valence-electron chi connectivity index (χ4n) is 2.19. The minimum Gasteiger partial charge on any atom is -0.395 e. The SMILES string of the molecule is CC(CN)(CO)c1cc2c([nH]1)CCCC2. The minimum absolute atomic E-state index is 0.100. The third kappa shape index (κ3) is 1.82. The van der Waals surface area contributed by atoms with Crippen molar-refractivity contribution in [2.75, 3.05) is 13.2 Å². The zero-order chi connectivity index (χ0) is 10.9. The van der Waals surface area contributed by atoms with Gasteiger partial charge in [0.2, 0.25) is 0 Å². The van der Waals surface area contributed by atoms with Gasteiger partial charge >= 0.3 is 0 Å². The van der Waals surface area contributed by atoms with Crippen molar-refractivity contribution in [2.45, 2.75) is 38.0 Å². The molecule has 0 spiro atoms. The van der Waals surface area contributed by atoms with Crippen molar-refractivity contribution < 1.29 is 5.11 Å². The largest absolute Gasteiger partial charge is 0.395 e. The molecule has 1 unspecified atom stereocenters. The van der Waals surface area contributed by atoms with Crippen molar-refractivity contribution in [3.63, 3.8) is 0 Å². The number of aromatic nitrogens is 1. The molecule has 84 valence electrons. The molecule has 1 atom stereocenters. The third-order valence-electron chi connectivity index (χ3n) is 3.56. The zero-order valence-electron chi connectivity index (χ0n) is 9.34. The lowest BCUT2D eigenvalue weighted by Gasteiger charge is -2.23. The van der Waals surface area contributed by atoms with Gasteiger partial charge < -0.3 is 15.8 Å². The average molecular weight is 208 g/mol. The first-order chi connectivity index (χ1) is 7.19. The van der Waals surface area contributed by atoms with E-state index in [1.165, 1.54) is 24.1 Å². The van der Waals surface area contributed by atoms with E-state index in [-0.39, 0.29) is 12.0 Å². The normalized spacial score (nSPS) is 19.7. The summed E-state index contributed by atoms with van der Waals surface area (Å²) in [6.07, 6.45) is 4.85. The number of hydrogen-bond donors (Lipinski definition) is 3. The number of aliphatic hydroxyl groups excluding tert-OH is 1. The van der Waals surface area contributed by atoms with Crippen LogP contribution >= 0.6 is 0 Å². The van der Waals surface area contributed by atoms with Gasteiger partial charge in [-0.1, -0.05) is 6.92 Å². The molecule has 1 aromatic rings. The summed E-state index contributed by atoms with van der Waals surface area (Å²) in [5, 5.41) is 9.40. The first kappa shape index (κ1) is 10.7. The lowest BCUT2D eigenvalue weighted by Crippen LogP contribution is -2.35. The maximum atomic E-state index is 9.40. The number of aryl methyl sites for hydroxylation is 2. The van der Waals surface area contributed by atoms with Crippen molar-refractivity contribution >= 4 is 0 Å². The molecule has 0 fully saturated rings. The molecule has 4 N–H and O–H groups in total. The summed E-state index contributed by atoms with van der Waals surface area (Å²) < 4.78 is 0. The number of nitrogens with two attached hydrogens (primary N) is 1. The van der Waals surface area contributed by atoms with Gasteiger partial charge in [0.25, 0.3) is 0 Å². The van der Waals surface area contributed by atoms with Crippen LogP contribution in [0, 0.1) is 0 Å². The van der Waals surface area contributed by atoms with Crippen molar-refractivity contribution in [3.05, 3.63) is 23.0 Å². The number of H-pyrrole nitrogens is 1. The van der Waals surface area contributed by atoms with Crippen LogP contribution in [0.15, 0.2) is 6.07 Å². The summed E-state index contributed by atoms with van der Waals surface area (Å²) in [7, 11) is 0. The molecule has 0 radical (unpaired) electrons. The van der Waals surface area contributed by atoms with Gasteiger partial charge in [0.15, 0.2) is 0 Å². The Labute approximate surface area is 90.7 Å². The third-order valence-corrected chi connectivity index (χ3v) is 3.56. The molecule has 3 heteroatoms. The molecule has 3 nitrogen and oxygen atoms in total. The molecule has 0 saturated carbocycles.